The van der Waals surface area contributed by atoms with Gasteiger partial charge in [-0.1, -0.05) is 6.07 Å². The van der Waals surface area contributed by atoms with E-state index in [1.807, 2.05) is 18.2 Å². The fraction of sp³-hybridized carbons (Fsp3) is 0. The van der Waals surface area contributed by atoms with Crippen molar-refractivity contribution in [2.24, 2.45) is 0 Å². The Morgan fingerprint density at radius 2 is 2.07 bits per heavy atom. The molecule has 1 aromatic carbocycles. The lowest BCUT2D eigenvalue weighted by Gasteiger charge is -1.99. The molecule has 0 aliphatic carbocycles. The number of imidazole rings is 1. The van der Waals surface area contributed by atoms with Crippen molar-refractivity contribution in [1.82, 2.24) is 15.0 Å². The molecule has 74 valence electrons. The quantitative estimate of drug-likeness (QED) is 0.475. The van der Waals surface area contributed by atoms with Gasteiger partial charge in [-0.2, -0.15) is 0 Å². The Balaban J connectivity index is 2.63. The number of H-pyrrole nitrogens is 1. The van der Waals surface area contributed by atoms with Crippen molar-refractivity contribution in [1.29, 1.82) is 0 Å². The van der Waals surface area contributed by atoms with Crippen LogP contribution in [0.2, 0.25) is 0 Å². The highest BCUT2D eigenvalue weighted by Crippen LogP contribution is 2.27. The number of fused-ring (bicyclic) bond motifs is 3. The van der Waals surface area contributed by atoms with Gasteiger partial charge in [0.2, 0.25) is 0 Å². The van der Waals surface area contributed by atoms with Crippen molar-refractivity contribution in [2.75, 3.05) is 11.5 Å². The second-order valence-corrected chi connectivity index (χ2v) is 3.39. The van der Waals surface area contributed by atoms with Gasteiger partial charge in [-0.15, -0.1) is 0 Å². The number of nitrogens with two attached hydrogens (primary N) is 2. The molecule has 0 fully saturated rings. The Labute approximate surface area is 85.1 Å². The normalized spacial score (nSPS) is 11.2. The van der Waals surface area contributed by atoms with Crippen LogP contribution in [-0.2, 0) is 0 Å². The van der Waals surface area contributed by atoms with Gasteiger partial charge in [-0.05, 0) is 12.1 Å². The van der Waals surface area contributed by atoms with E-state index >= 15 is 0 Å². The van der Waals surface area contributed by atoms with Gasteiger partial charge < -0.3 is 16.5 Å². The van der Waals surface area contributed by atoms with Crippen LogP contribution < -0.4 is 11.5 Å². The van der Waals surface area contributed by atoms with Crippen molar-refractivity contribution >= 4 is 33.6 Å². The molecule has 5 heteroatoms. The van der Waals surface area contributed by atoms with E-state index in [-0.39, 0.29) is 0 Å². The third kappa shape index (κ3) is 1.03. The highest BCUT2D eigenvalue weighted by atomic mass is 15.0. The summed E-state index contributed by atoms with van der Waals surface area (Å²) in [5.41, 5.74) is 14.4. The number of rotatable bonds is 0. The summed E-state index contributed by atoms with van der Waals surface area (Å²) in [7, 11) is 0. The monoisotopic (exact) mass is 199 g/mol. The zero-order valence-electron chi connectivity index (χ0n) is 7.86. The maximum absolute atomic E-state index is 5.87. The number of pyridine rings is 1. The van der Waals surface area contributed by atoms with E-state index < -0.39 is 0 Å². The molecule has 0 unspecified atom stereocenters. The molecule has 3 aromatic rings. The van der Waals surface area contributed by atoms with E-state index in [1.54, 1.807) is 6.20 Å². The van der Waals surface area contributed by atoms with E-state index in [2.05, 4.69) is 15.0 Å². The van der Waals surface area contributed by atoms with Gasteiger partial charge in [0, 0.05) is 11.6 Å². The number of nitrogen functional groups attached to an aromatic ring is 2. The third-order valence-electron chi connectivity index (χ3n) is 2.38. The number of nitrogens with one attached hydrogen (secondary N) is 1. The van der Waals surface area contributed by atoms with E-state index in [0.29, 0.717) is 17.2 Å². The van der Waals surface area contributed by atoms with Crippen LogP contribution in [0.15, 0.2) is 24.4 Å². The number of hydrogen-bond donors (Lipinski definition) is 3. The zero-order valence-corrected chi connectivity index (χ0v) is 7.86. The minimum Gasteiger partial charge on any atom is -0.397 e. The molecule has 5 nitrogen and oxygen atoms in total. The second kappa shape index (κ2) is 2.60. The molecule has 3 rings (SSSR count). The summed E-state index contributed by atoms with van der Waals surface area (Å²) in [5, 5.41) is 0.978. The van der Waals surface area contributed by atoms with E-state index in [9.17, 15) is 0 Å². The van der Waals surface area contributed by atoms with Gasteiger partial charge in [0.05, 0.1) is 16.7 Å². The summed E-state index contributed by atoms with van der Waals surface area (Å²) in [5.74, 6) is 0.356. The van der Waals surface area contributed by atoms with E-state index in [4.69, 9.17) is 11.5 Å². The Hall–Kier alpha value is -2.30. The lowest BCUT2D eigenvalue weighted by Crippen LogP contribution is -1.89. The summed E-state index contributed by atoms with van der Waals surface area (Å²) in [4.78, 5) is 11.4. The molecule has 0 bridgehead atoms. The van der Waals surface area contributed by atoms with Gasteiger partial charge in [-0.3, -0.25) is 4.98 Å². The number of aromatic amines is 1. The third-order valence-corrected chi connectivity index (χ3v) is 2.38. The zero-order chi connectivity index (χ0) is 10.4. The van der Waals surface area contributed by atoms with Gasteiger partial charge in [0.1, 0.15) is 5.52 Å². The molecular weight excluding hydrogens is 190 g/mol. The Bertz CT molecular complexity index is 655. The summed E-state index contributed by atoms with van der Waals surface area (Å²) in [6.45, 7) is 0. The highest BCUT2D eigenvalue weighted by molar-refractivity contribution is 6.07. The molecule has 0 spiro atoms. The molecular formula is C10H9N5. The SMILES string of the molecule is Nc1nc2c(N)cc3cccnc3c2[nH]1. The maximum Gasteiger partial charge on any atom is 0.198 e. The molecule has 0 aliphatic heterocycles. The Kier molecular flexibility index (Phi) is 1.39. The Morgan fingerprint density at radius 3 is 2.93 bits per heavy atom. The first-order valence-electron chi connectivity index (χ1n) is 4.54. The molecule has 2 aromatic heterocycles. The summed E-state index contributed by atoms with van der Waals surface area (Å²) < 4.78 is 0. The van der Waals surface area contributed by atoms with Crippen LogP contribution in [0.1, 0.15) is 0 Å². The predicted molar refractivity (Wildman–Crippen MR) is 60.2 cm³/mol. The average molecular weight is 199 g/mol. The minimum absolute atomic E-state index is 0.356. The number of hydrogen-bond acceptors (Lipinski definition) is 4. The van der Waals surface area contributed by atoms with Crippen LogP contribution in [-0.4, -0.2) is 15.0 Å². The Morgan fingerprint density at radius 1 is 1.20 bits per heavy atom. The highest BCUT2D eigenvalue weighted by Gasteiger charge is 2.08. The topological polar surface area (TPSA) is 93.6 Å². The molecule has 15 heavy (non-hydrogen) atoms. The summed E-state index contributed by atoms with van der Waals surface area (Å²) in [6.07, 6.45) is 1.73. The first-order chi connectivity index (χ1) is 7.25. The van der Waals surface area contributed by atoms with Gasteiger partial charge >= 0.3 is 0 Å². The van der Waals surface area contributed by atoms with Crippen molar-refractivity contribution in [3.05, 3.63) is 24.4 Å². The van der Waals surface area contributed by atoms with Gasteiger partial charge in [0.15, 0.2) is 5.95 Å². The van der Waals surface area contributed by atoms with Crippen LogP contribution in [0.5, 0.6) is 0 Å². The molecule has 2 heterocycles. The molecule has 0 aliphatic rings. The number of benzene rings is 1. The molecule has 0 saturated carbocycles. The largest absolute Gasteiger partial charge is 0.397 e. The van der Waals surface area contributed by atoms with Crippen LogP contribution in [0, 0.1) is 0 Å². The molecule has 5 N–H and O–H groups in total. The molecule has 0 amide bonds. The van der Waals surface area contributed by atoms with Crippen molar-refractivity contribution in [2.45, 2.75) is 0 Å². The molecule has 0 atom stereocenters. The number of aromatic nitrogens is 3. The summed E-state index contributed by atoms with van der Waals surface area (Å²) in [6, 6.07) is 5.67. The fourth-order valence-corrected chi connectivity index (χ4v) is 1.75. The maximum atomic E-state index is 5.87. The van der Waals surface area contributed by atoms with Gasteiger partial charge in [0.25, 0.3) is 0 Å². The number of nitrogens with zero attached hydrogens (tertiary/aromatic N) is 2. The molecule has 0 radical (unpaired) electrons. The average Bonchev–Trinajstić information content (AvgIpc) is 2.61. The molecule has 0 saturated heterocycles. The van der Waals surface area contributed by atoms with Crippen molar-refractivity contribution < 1.29 is 0 Å². The number of anilines is 2. The van der Waals surface area contributed by atoms with Gasteiger partial charge in [-0.25, -0.2) is 4.98 Å². The lowest BCUT2D eigenvalue weighted by molar-refractivity contribution is 1.35. The van der Waals surface area contributed by atoms with Crippen LogP contribution >= 0.6 is 0 Å². The van der Waals surface area contributed by atoms with E-state index in [1.165, 1.54) is 0 Å². The van der Waals surface area contributed by atoms with Crippen LogP contribution in [0.25, 0.3) is 21.9 Å². The standard InChI is InChI=1S/C10H9N5/c11-6-4-5-2-1-3-13-7(5)9-8(6)14-10(12)15-9/h1-4H,11H2,(H3,12,14,15). The van der Waals surface area contributed by atoms with Crippen LogP contribution in [0.4, 0.5) is 11.6 Å². The first-order valence-corrected chi connectivity index (χ1v) is 4.54. The van der Waals surface area contributed by atoms with Crippen molar-refractivity contribution in [3.63, 3.8) is 0 Å². The van der Waals surface area contributed by atoms with Crippen LogP contribution in [0.3, 0.4) is 0 Å². The second-order valence-electron chi connectivity index (χ2n) is 3.39. The smallest absolute Gasteiger partial charge is 0.198 e. The fourth-order valence-electron chi connectivity index (χ4n) is 1.75. The minimum atomic E-state index is 0.356. The van der Waals surface area contributed by atoms with E-state index in [0.717, 1.165) is 16.4 Å². The predicted octanol–water partition coefficient (Wildman–Crippen LogP) is 1.28. The first kappa shape index (κ1) is 8.05. The summed E-state index contributed by atoms with van der Waals surface area (Å²) >= 11 is 0. The lowest BCUT2D eigenvalue weighted by atomic mass is 10.1. The van der Waals surface area contributed by atoms with Crippen molar-refractivity contribution in [3.8, 4) is 0 Å².